The number of alkyl halides is 3. The highest BCUT2D eigenvalue weighted by atomic mass is 79.9. The van der Waals surface area contributed by atoms with E-state index in [0.717, 1.165) is 27.7 Å². The maximum Gasteiger partial charge on any atom is 0.416 e. The summed E-state index contributed by atoms with van der Waals surface area (Å²) in [6.07, 6.45) is -4.37. The molecular weight excluding hydrogens is 345 g/mol. The van der Waals surface area contributed by atoms with Gasteiger partial charge in [0.05, 0.1) is 11.6 Å². The van der Waals surface area contributed by atoms with Gasteiger partial charge in [0.1, 0.15) is 0 Å². The molecule has 0 aliphatic heterocycles. The molecule has 0 aliphatic rings. The quantitative estimate of drug-likeness (QED) is 0.633. The molecule has 3 N–H and O–H groups in total. The van der Waals surface area contributed by atoms with E-state index in [1.165, 1.54) is 6.07 Å². The van der Waals surface area contributed by atoms with Crippen LogP contribution in [0.15, 0.2) is 46.9 Å². The molecular formula is C15H14BrF3N2. The van der Waals surface area contributed by atoms with Gasteiger partial charge in [-0.2, -0.15) is 13.2 Å². The molecule has 1 atom stereocenters. The molecule has 1 unspecified atom stereocenters. The molecule has 0 aliphatic carbocycles. The van der Waals surface area contributed by atoms with E-state index in [1.807, 2.05) is 25.1 Å². The predicted octanol–water partition coefficient (Wildman–Crippen LogP) is 4.33. The number of rotatable bonds is 3. The Hall–Kier alpha value is -1.37. The van der Waals surface area contributed by atoms with E-state index >= 15 is 0 Å². The van der Waals surface area contributed by atoms with E-state index in [4.69, 9.17) is 5.84 Å². The van der Waals surface area contributed by atoms with Gasteiger partial charge in [-0.15, -0.1) is 0 Å². The fraction of sp³-hybridized carbons (Fsp3) is 0.200. The molecule has 0 aromatic heterocycles. The molecule has 0 saturated heterocycles. The molecule has 0 amide bonds. The van der Waals surface area contributed by atoms with Crippen LogP contribution in [-0.4, -0.2) is 0 Å². The fourth-order valence-electron chi connectivity index (χ4n) is 2.20. The second-order valence-electron chi connectivity index (χ2n) is 4.68. The second kappa shape index (κ2) is 6.17. The molecule has 0 heterocycles. The molecule has 2 rings (SSSR count). The number of nitrogens with one attached hydrogen (secondary N) is 1. The van der Waals surface area contributed by atoms with Gasteiger partial charge in [0, 0.05) is 4.47 Å². The molecule has 0 fully saturated rings. The van der Waals surface area contributed by atoms with Crippen molar-refractivity contribution in [2.24, 2.45) is 5.84 Å². The van der Waals surface area contributed by atoms with E-state index in [2.05, 4.69) is 21.4 Å². The van der Waals surface area contributed by atoms with Crippen LogP contribution >= 0.6 is 15.9 Å². The highest BCUT2D eigenvalue weighted by molar-refractivity contribution is 9.10. The molecule has 6 heteroatoms. The van der Waals surface area contributed by atoms with Crippen molar-refractivity contribution in [3.63, 3.8) is 0 Å². The van der Waals surface area contributed by atoms with Crippen LogP contribution in [0.2, 0.25) is 0 Å². The van der Waals surface area contributed by atoms with E-state index in [1.54, 1.807) is 6.07 Å². The highest BCUT2D eigenvalue weighted by Crippen LogP contribution is 2.33. The summed E-state index contributed by atoms with van der Waals surface area (Å²) in [4.78, 5) is 0. The van der Waals surface area contributed by atoms with Gasteiger partial charge in [0.25, 0.3) is 0 Å². The standard InChI is InChI=1S/C15H14BrF3N2/c1-9-12(6-3-7-13(9)16)14(21-20)10-4-2-5-11(8-10)15(17,18)19/h2-8,14,21H,20H2,1H3. The number of benzene rings is 2. The fourth-order valence-corrected chi connectivity index (χ4v) is 2.58. The molecule has 2 aromatic carbocycles. The molecule has 0 bridgehead atoms. The first-order valence-corrected chi connectivity index (χ1v) is 7.02. The predicted molar refractivity (Wildman–Crippen MR) is 79.5 cm³/mol. The summed E-state index contributed by atoms with van der Waals surface area (Å²) in [6, 6.07) is 10.2. The Bertz CT molecular complexity index is 641. The lowest BCUT2D eigenvalue weighted by Crippen LogP contribution is -2.29. The summed E-state index contributed by atoms with van der Waals surface area (Å²) >= 11 is 3.41. The smallest absolute Gasteiger partial charge is 0.271 e. The average molecular weight is 359 g/mol. The summed E-state index contributed by atoms with van der Waals surface area (Å²) in [6.45, 7) is 1.89. The van der Waals surface area contributed by atoms with Crippen molar-refractivity contribution in [1.82, 2.24) is 5.43 Å². The van der Waals surface area contributed by atoms with Gasteiger partial charge in [0.15, 0.2) is 0 Å². The molecule has 112 valence electrons. The lowest BCUT2D eigenvalue weighted by molar-refractivity contribution is -0.137. The summed E-state index contributed by atoms with van der Waals surface area (Å²) in [5.41, 5.74) is 4.13. The van der Waals surface area contributed by atoms with Crippen LogP contribution in [0, 0.1) is 6.92 Å². The maximum absolute atomic E-state index is 12.8. The number of hydrazine groups is 1. The Morgan fingerprint density at radius 1 is 1.14 bits per heavy atom. The number of halogens is 4. The van der Waals surface area contributed by atoms with E-state index < -0.39 is 17.8 Å². The van der Waals surface area contributed by atoms with E-state index in [0.29, 0.717) is 5.56 Å². The first kappa shape index (κ1) is 16.0. The molecule has 0 saturated carbocycles. The van der Waals surface area contributed by atoms with Crippen LogP contribution in [0.3, 0.4) is 0 Å². The minimum atomic E-state index is -4.37. The first-order valence-electron chi connectivity index (χ1n) is 6.23. The van der Waals surface area contributed by atoms with E-state index in [-0.39, 0.29) is 0 Å². The van der Waals surface area contributed by atoms with Crippen LogP contribution in [0.5, 0.6) is 0 Å². The van der Waals surface area contributed by atoms with Gasteiger partial charge in [-0.3, -0.25) is 5.84 Å². The third-order valence-electron chi connectivity index (χ3n) is 3.33. The zero-order valence-corrected chi connectivity index (χ0v) is 12.8. The van der Waals surface area contributed by atoms with Crippen LogP contribution in [0.4, 0.5) is 13.2 Å². The van der Waals surface area contributed by atoms with Crippen molar-refractivity contribution in [2.45, 2.75) is 19.1 Å². The van der Waals surface area contributed by atoms with Crippen molar-refractivity contribution >= 4 is 15.9 Å². The molecule has 21 heavy (non-hydrogen) atoms. The van der Waals surface area contributed by atoms with Gasteiger partial charge >= 0.3 is 6.18 Å². The monoisotopic (exact) mass is 358 g/mol. The zero-order valence-electron chi connectivity index (χ0n) is 11.2. The Morgan fingerprint density at radius 3 is 2.43 bits per heavy atom. The third-order valence-corrected chi connectivity index (χ3v) is 4.19. The Labute approximate surface area is 129 Å². The SMILES string of the molecule is Cc1c(Br)cccc1C(NN)c1cccc(C(F)(F)F)c1. The number of nitrogens with two attached hydrogens (primary N) is 1. The van der Waals surface area contributed by atoms with Crippen LogP contribution < -0.4 is 11.3 Å². The summed E-state index contributed by atoms with van der Waals surface area (Å²) in [5.74, 6) is 5.57. The van der Waals surface area contributed by atoms with Gasteiger partial charge in [-0.25, -0.2) is 5.43 Å². The zero-order chi connectivity index (χ0) is 15.6. The first-order chi connectivity index (χ1) is 9.84. The van der Waals surface area contributed by atoms with Gasteiger partial charge in [0.2, 0.25) is 0 Å². The lowest BCUT2D eigenvalue weighted by atomic mass is 9.94. The highest BCUT2D eigenvalue weighted by Gasteiger charge is 2.31. The Kier molecular flexibility index (Phi) is 4.70. The lowest BCUT2D eigenvalue weighted by Gasteiger charge is -2.21. The Morgan fingerprint density at radius 2 is 1.81 bits per heavy atom. The van der Waals surface area contributed by atoms with Crippen molar-refractivity contribution in [3.8, 4) is 0 Å². The number of hydrogen-bond donors (Lipinski definition) is 2. The van der Waals surface area contributed by atoms with E-state index in [9.17, 15) is 13.2 Å². The molecule has 2 aromatic rings. The van der Waals surface area contributed by atoms with Crippen LogP contribution in [0.25, 0.3) is 0 Å². The molecule has 2 nitrogen and oxygen atoms in total. The summed E-state index contributed by atoms with van der Waals surface area (Å²) in [7, 11) is 0. The van der Waals surface area contributed by atoms with Gasteiger partial charge < -0.3 is 0 Å². The van der Waals surface area contributed by atoms with Gasteiger partial charge in [-0.1, -0.05) is 40.2 Å². The minimum Gasteiger partial charge on any atom is -0.271 e. The molecule has 0 radical (unpaired) electrons. The average Bonchev–Trinajstić information content (AvgIpc) is 2.44. The van der Waals surface area contributed by atoms with Crippen LogP contribution in [-0.2, 0) is 6.18 Å². The van der Waals surface area contributed by atoms with Crippen molar-refractivity contribution < 1.29 is 13.2 Å². The topological polar surface area (TPSA) is 38.0 Å². The Balaban J connectivity index is 2.49. The summed E-state index contributed by atoms with van der Waals surface area (Å²) < 4.78 is 39.3. The minimum absolute atomic E-state index is 0.466. The largest absolute Gasteiger partial charge is 0.416 e. The van der Waals surface area contributed by atoms with Gasteiger partial charge in [-0.05, 0) is 41.8 Å². The van der Waals surface area contributed by atoms with Crippen molar-refractivity contribution in [3.05, 3.63) is 69.2 Å². The van der Waals surface area contributed by atoms with Crippen LogP contribution in [0.1, 0.15) is 28.3 Å². The van der Waals surface area contributed by atoms with Crippen molar-refractivity contribution in [1.29, 1.82) is 0 Å². The molecule has 0 spiro atoms. The van der Waals surface area contributed by atoms with Crippen molar-refractivity contribution in [2.75, 3.05) is 0 Å². The second-order valence-corrected chi connectivity index (χ2v) is 5.53. The number of hydrogen-bond acceptors (Lipinski definition) is 2. The summed E-state index contributed by atoms with van der Waals surface area (Å²) in [5, 5.41) is 0. The maximum atomic E-state index is 12.8. The third kappa shape index (κ3) is 3.45. The normalized spacial score (nSPS) is 13.2.